The third kappa shape index (κ3) is 5.38. The van der Waals surface area contributed by atoms with Gasteiger partial charge in [0, 0.05) is 5.02 Å². The quantitative estimate of drug-likeness (QED) is 0.538. The van der Waals surface area contributed by atoms with Gasteiger partial charge in [-0.2, -0.15) is 4.72 Å². The molecule has 0 spiro atoms. The standard InChI is InChI=1S/C25H25ClN2O3S/c26-20-13-15-21(16-14-20)32(30,31)28-24(17-18-7-2-1-3-8-18)25(29)27-23-12-6-10-19-9-4-5-11-22(19)23/h1-5,7-9,11,13-16,23-24,28H,6,10,12,17H2,(H,27,29)/t23-,24+/m1/s1. The molecule has 5 nitrogen and oxygen atoms in total. The molecule has 7 heteroatoms. The third-order valence-corrected chi connectivity index (χ3v) is 7.45. The number of rotatable bonds is 7. The molecule has 32 heavy (non-hydrogen) atoms. The Kier molecular flexibility index (Phi) is 6.94. The summed E-state index contributed by atoms with van der Waals surface area (Å²) in [5, 5.41) is 3.53. The second-order valence-electron chi connectivity index (χ2n) is 7.97. The zero-order valence-corrected chi connectivity index (χ0v) is 19.1. The minimum absolute atomic E-state index is 0.0655. The third-order valence-electron chi connectivity index (χ3n) is 5.71. The number of sulfonamides is 1. The smallest absolute Gasteiger partial charge is 0.241 e. The number of fused-ring (bicyclic) bond motifs is 1. The number of hydrogen-bond acceptors (Lipinski definition) is 3. The van der Waals surface area contributed by atoms with Gasteiger partial charge in [0.15, 0.2) is 0 Å². The summed E-state index contributed by atoms with van der Waals surface area (Å²) in [6.45, 7) is 0. The van der Waals surface area contributed by atoms with Crippen LogP contribution < -0.4 is 10.0 Å². The van der Waals surface area contributed by atoms with Gasteiger partial charge in [0.05, 0.1) is 10.9 Å². The molecule has 3 aromatic rings. The summed E-state index contributed by atoms with van der Waals surface area (Å²) in [6.07, 6.45) is 3.03. The fraction of sp³-hybridized carbons (Fsp3) is 0.240. The van der Waals surface area contributed by atoms with Gasteiger partial charge in [0.1, 0.15) is 6.04 Å². The van der Waals surface area contributed by atoms with Crippen molar-refractivity contribution in [2.24, 2.45) is 0 Å². The van der Waals surface area contributed by atoms with Crippen LogP contribution in [0, 0.1) is 0 Å². The molecule has 0 unspecified atom stereocenters. The van der Waals surface area contributed by atoms with Crippen LogP contribution in [0.15, 0.2) is 83.8 Å². The number of benzene rings is 3. The highest BCUT2D eigenvalue weighted by molar-refractivity contribution is 7.89. The minimum atomic E-state index is -3.91. The summed E-state index contributed by atoms with van der Waals surface area (Å²) in [7, 11) is -3.91. The lowest BCUT2D eigenvalue weighted by molar-refractivity contribution is -0.123. The normalized spacial score (nSPS) is 16.7. The summed E-state index contributed by atoms with van der Waals surface area (Å²) in [5.74, 6) is -0.340. The SMILES string of the molecule is O=C(N[C@@H]1CCCc2ccccc21)[C@H](Cc1ccccc1)NS(=O)(=O)c1ccc(Cl)cc1. The second kappa shape index (κ2) is 9.86. The lowest BCUT2D eigenvalue weighted by Crippen LogP contribution is -2.49. The first-order chi connectivity index (χ1) is 15.4. The van der Waals surface area contributed by atoms with Crippen molar-refractivity contribution in [3.63, 3.8) is 0 Å². The van der Waals surface area contributed by atoms with Crippen molar-refractivity contribution in [2.45, 2.75) is 42.7 Å². The van der Waals surface area contributed by atoms with Gasteiger partial charge in [-0.3, -0.25) is 4.79 Å². The van der Waals surface area contributed by atoms with Gasteiger partial charge in [0.2, 0.25) is 15.9 Å². The van der Waals surface area contributed by atoms with Crippen LogP contribution in [0.25, 0.3) is 0 Å². The lowest BCUT2D eigenvalue weighted by atomic mass is 9.87. The molecule has 0 fully saturated rings. The molecule has 1 amide bonds. The van der Waals surface area contributed by atoms with Crippen molar-refractivity contribution in [3.05, 3.63) is 101 Å². The van der Waals surface area contributed by atoms with E-state index < -0.39 is 16.1 Å². The van der Waals surface area contributed by atoms with E-state index in [0.717, 1.165) is 30.4 Å². The predicted molar refractivity (Wildman–Crippen MR) is 126 cm³/mol. The first-order valence-electron chi connectivity index (χ1n) is 10.6. The monoisotopic (exact) mass is 468 g/mol. The molecule has 166 valence electrons. The number of halogens is 1. The number of carbonyl (C=O) groups excluding carboxylic acids is 1. The van der Waals surface area contributed by atoms with E-state index in [1.165, 1.54) is 29.8 Å². The van der Waals surface area contributed by atoms with Crippen LogP contribution in [-0.4, -0.2) is 20.4 Å². The molecule has 4 rings (SSSR count). The van der Waals surface area contributed by atoms with E-state index in [2.05, 4.69) is 16.1 Å². The Morgan fingerprint density at radius 1 is 0.969 bits per heavy atom. The van der Waals surface area contributed by atoms with Crippen molar-refractivity contribution in [1.29, 1.82) is 0 Å². The molecule has 0 aromatic heterocycles. The molecule has 0 bridgehead atoms. The molecular weight excluding hydrogens is 444 g/mol. The lowest BCUT2D eigenvalue weighted by Gasteiger charge is -2.28. The van der Waals surface area contributed by atoms with Gasteiger partial charge in [0.25, 0.3) is 0 Å². The molecule has 0 heterocycles. The summed E-state index contributed by atoms with van der Waals surface area (Å²) in [6, 6.07) is 22.3. The van der Waals surface area contributed by atoms with Crippen molar-refractivity contribution >= 4 is 27.5 Å². The van der Waals surface area contributed by atoms with E-state index in [1.54, 1.807) is 0 Å². The Morgan fingerprint density at radius 2 is 1.66 bits per heavy atom. The highest BCUT2D eigenvalue weighted by Crippen LogP contribution is 2.29. The van der Waals surface area contributed by atoms with Crippen LogP contribution in [0.2, 0.25) is 5.02 Å². The average Bonchev–Trinajstić information content (AvgIpc) is 2.80. The topological polar surface area (TPSA) is 75.3 Å². The molecule has 0 saturated heterocycles. The van der Waals surface area contributed by atoms with Crippen LogP contribution in [0.1, 0.15) is 35.6 Å². The van der Waals surface area contributed by atoms with Crippen molar-refractivity contribution < 1.29 is 13.2 Å². The van der Waals surface area contributed by atoms with E-state index in [1.807, 2.05) is 48.5 Å². The maximum atomic E-state index is 13.3. The minimum Gasteiger partial charge on any atom is -0.348 e. The molecule has 2 atom stereocenters. The largest absolute Gasteiger partial charge is 0.348 e. The van der Waals surface area contributed by atoms with Crippen LogP contribution >= 0.6 is 11.6 Å². The van der Waals surface area contributed by atoms with Gasteiger partial charge >= 0.3 is 0 Å². The van der Waals surface area contributed by atoms with Crippen LogP contribution in [-0.2, 0) is 27.7 Å². The van der Waals surface area contributed by atoms with E-state index >= 15 is 0 Å². The number of aryl methyl sites for hydroxylation is 1. The molecular formula is C25H25ClN2O3S. The van der Waals surface area contributed by atoms with Crippen LogP contribution in [0.4, 0.5) is 0 Å². The fourth-order valence-electron chi connectivity index (χ4n) is 4.08. The van der Waals surface area contributed by atoms with Crippen LogP contribution in [0.3, 0.4) is 0 Å². The first-order valence-corrected chi connectivity index (χ1v) is 12.5. The molecule has 0 saturated carbocycles. The number of hydrogen-bond donors (Lipinski definition) is 2. The van der Waals surface area contributed by atoms with E-state index in [4.69, 9.17) is 11.6 Å². The molecule has 3 aromatic carbocycles. The highest BCUT2D eigenvalue weighted by atomic mass is 35.5. The van der Waals surface area contributed by atoms with Gasteiger partial charge in [-0.1, -0.05) is 66.2 Å². The Morgan fingerprint density at radius 3 is 2.41 bits per heavy atom. The maximum Gasteiger partial charge on any atom is 0.241 e. The number of amides is 1. The number of carbonyl (C=O) groups is 1. The molecule has 0 aliphatic heterocycles. The van der Waals surface area contributed by atoms with Gasteiger partial charge in [-0.25, -0.2) is 8.42 Å². The summed E-state index contributed by atoms with van der Waals surface area (Å²) in [4.78, 5) is 13.4. The van der Waals surface area contributed by atoms with Gasteiger partial charge in [-0.15, -0.1) is 0 Å². The Bertz CT molecular complexity index is 1180. The first kappa shape index (κ1) is 22.5. The average molecular weight is 469 g/mol. The van der Waals surface area contributed by atoms with Gasteiger partial charge < -0.3 is 5.32 Å². The summed E-state index contributed by atoms with van der Waals surface area (Å²) < 4.78 is 28.6. The Labute approximate surface area is 193 Å². The maximum absolute atomic E-state index is 13.3. The number of nitrogens with one attached hydrogen (secondary N) is 2. The molecule has 1 aliphatic rings. The predicted octanol–water partition coefficient (Wildman–Crippen LogP) is 4.42. The van der Waals surface area contributed by atoms with E-state index in [-0.39, 0.29) is 23.3 Å². The molecule has 0 radical (unpaired) electrons. The Balaban J connectivity index is 1.58. The van der Waals surface area contributed by atoms with Crippen LogP contribution in [0.5, 0.6) is 0 Å². The zero-order valence-electron chi connectivity index (χ0n) is 17.5. The fourth-order valence-corrected chi connectivity index (χ4v) is 5.40. The van der Waals surface area contributed by atoms with Crippen molar-refractivity contribution in [1.82, 2.24) is 10.0 Å². The second-order valence-corrected chi connectivity index (χ2v) is 10.1. The van der Waals surface area contributed by atoms with Gasteiger partial charge in [-0.05, 0) is 66.6 Å². The highest BCUT2D eigenvalue weighted by Gasteiger charge is 2.29. The summed E-state index contributed by atoms with van der Waals surface area (Å²) in [5.41, 5.74) is 3.20. The van der Waals surface area contributed by atoms with Crippen molar-refractivity contribution in [2.75, 3.05) is 0 Å². The summed E-state index contributed by atoms with van der Waals surface area (Å²) >= 11 is 5.90. The zero-order chi connectivity index (χ0) is 22.6. The molecule has 1 aliphatic carbocycles. The van der Waals surface area contributed by atoms with E-state index in [0.29, 0.717) is 5.02 Å². The molecule has 2 N–H and O–H groups in total. The Hall–Kier alpha value is -2.67. The van der Waals surface area contributed by atoms with Crippen molar-refractivity contribution in [3.8, 4) is 0 Å². The van der Waals surface area contributed by atoms with E-state index in [9.17, 15) is 13.2 Å².